The minimum atomic E-state index is -1.50. The number of esters is 1. The molecule has 0 spiro atoms. The monoisotopic (exact) mass is 263 g/mol. The molecule has 19 heavy (non-hydrogen) atoms. The van der Waals surface area contributed by atoms with Gasteiger partial charge in [0.05, 0.1) is 13.0 Å². The highest BCUT2D eigenvalue weighted by Gasteiger charge is 2.44. The number of nitrogens with zero attached hydrogens (tertiary/aromatic N) is 1. The van der Waals surface area contributed by atoms with Crippen LogP contribution < -0.4 is 0 Å². The van der Waals surface area contributed by atoms with Crippen LogP contribution in [0.5, 0.6) is 0 Å². The highest BCUT2D eigenvalue weighted by atomic mass is 16.5. The van der Waals surface area contributed by atoms with Crippen LogP contribution in [-0.4, -0.2) is 48.2 Å². The lowest BCUT2D eigenvalue weighted by molar-refractivity contribution is -0.145. The zero-order valence-corrected chi connectivity index (χ0v) is 10.9. The Morgan fingerprint density at radius 1 is 1.37 bits per heavy atom. The smallest absolute Gasteiger partial charge is 0.457 e. The van der Waals surface area contributed by atoms with Crippen LogP contribution >= 0.6 is 0 Å². The molecule has 0 amide bonds. The van der Waals surface area contributed by atoms with Gasteiger partial charge in [-0.1, -0.05) is 30.3 Å². The van der Waals surface area contributed by atoms with Crippen molar-refractivity contribution in [2.45, 2.75) is 12.4 Å². The molecule has 2 unspecified atom stereocenters. The third-order valence-electron chi connectivity index (χ3n) is 3.58. The largest absolute Gasteiger partial charge is 0.469 e. The fraction of sp³-hybridized carbons (Fsp3) is 0.462. The molecule has 0 saturated carbocycles. The summed E-state index contributed by atoms with van der Waals surface area (Å²) in [5.41, 5.74) is 1.14. The maximum atomic E-state index is 11.7. The molecule has 102 valence electrons. The molecule has 0 aliphatic carbocycles. The lowest BCUT2D eigenvalue weighted by Crippen LogP contribution is -2.31. The summed E-state index contributed by atoms with van der Waals surface area (Å²) in [5.74, 6) is -1.35. The van der Waals surface area contributed by atoms with E-state index in [1.165, 1.54) is 7.11 Å². The van der Waals surface area contributed by atoms with Gasteiger partial charge in [-0.25, -0.2) is 0 Å². The number of carbonyl (C=O) groups excluding carboxylic acids is 1. The second-order valence-electron chi connectivity index (χ2n) is 4.89. The van der Waals surface area contributed by atoms with Gasteiger partial charge in [-0.2, -0.15) is 0 Å². The molecule has 1 saturated heterocycles. The molecule has 6 heteroatoms. The summed E-state index contributed by atoms with van der Waals surface area (Å²) >= 11 is 0. The van der Waals surface area contributed by atoms with E-state index in [1.807, 2.05) is 35.2 Å². The normalized spacial score (nSPS) is 23.3. The SMILES string of the molecule is COC(=O)C1CN(Cc2ccccc2)CC1B(O)O. The lowest BCUT2D eigenvalue weighted by atomic mass is 9.67. The molecule has 1 aliphatic heterocycles. The van der Waals surface area contributed by atoms with Crippen molar-refractivity contribution in [1.29, 1.82) is 0 Å². The standard InChI is InChI=1S/C13H18BNO4/c1-19-13(16)11-8-15(9-12(11)14(17)18)7-10-5-3-2-4-6-10/h2-6,11-12,17-18H,7-9H2,1H3. The second-order valence-corrected chi connectivity index (χ2v) is 4.89. The number of hydrogen-bond acceptors (Lipinski definition) is 5. The Morgan fingerprint density at radius 2 is 2.05 bits per heavy atom. The van der Waals surface area contributed by atoms with Crippen LogP contribution in [0.3, 0.4) is 0 Å². The van der Waals surface area contributed by atoms with Crippen molar-refractivity contribution in [2.24, 2.45) is 5.92 Å². The molecule has 1 aliphatic rings. The van der Waals surface area contributed by atoms with Gasteiger partial charge < -0.3 is 14.8 Å². The number of carbonyl (C=O) groups is 1. The van der Waals surface area contributed by atoms with Crippen molar-refractivity contribution in [2.75, 3.05) is 20.2 Å². The van der Waals surface area contributed by atoms with Crippen LogP contribution in [0.4, 0.5) is 0 Å². The average molecular weight is 263 g/mol. The van der Waals surface area contributed by atoms with Gasteiger partial charge in [0.2, 0.25) is 0 Å². The Morgan fingerprint density at radius 3 is 2.63 bits per heavy atom. The zero-order chi connectivity index (χ0) is 13.8. The highest BCUT2D eigenvalue weighted by Crippen LogP contribution is 2.31. The van der Waals surface area contributed by atoms with Gasteiger partial charge in [0.25, 0.3) is 0 Å². The van der Waals surface area contributed by atoms with Gasteiger partial charge >= 0.3 is 13.1 Å². The minimum Gasteiger partial charge on any atom is -0.469 e. The molecule has 2 N–H and O–H groups in total. The summed E-state index contributed by atoms with van der Waals surface area (Å²) in [6.45, 7) is 1.66. The molecular weight excluding hydrogens is 245 g/mol. The lowest BCUT2D eigenvalue weighted by Gasteiger charge is -2.15. The number of methoxy groups -OCH3 is 1. The zero-order valence-electron chi connectivity index (χ0n) is 10.9. The van der Waals surface area contributed by atoms with E-state index in [0.29, 0.717) is 19.6 Å². The maximum Gasteiger partial charge on any atom is 0.457 e. The fourth-order valence-corrected chi connectivity index (χ4v) is 2.59. The Labute approximate surface area is 112 Å². The first-order chi connectivity index (χ1) is 9.11. The first kappa shape index (κ1) is 14.1. The van der Waals surface area contributed by atoms with E-state index < -0.39 is 18.9 Å². The van der Waals surface area contributed by atoms with Crippen molar-refractivity contribution >= 4 is 13.1 Å². The van der Waals surface area contributed by atoms with Gasteiger partial charge in [0, 0.05) is 25.5 Å². The van der Waals surface area contributed by atoms with Crippen molar-refractivity contribution in [3.63, 3.8) is 0 Å². The van der Waals surface area contributed by atoms with E-state index in [0.717, 1.165) is 5.56 Å². The Kier molecular flexibility index (Phi) is 4.58. The van der Waals surface area contributed by atoms with Crippen molar-refractivity contribution in [3.8, 4) is 0 Å². The quantitative estimate of drug-likeness (QED) is 0.597. The molecule has 2 atom stereocenters. The van der Waals surface area contributed by atoms with E-state index in [4.69, 9.17) is 4.74 Å². The topological polar surface area (TPSA) is 70.0 Å². The van der Waals surface area contributed by atoms with Gasteiger partial charge in [-0.3, -0.25) is 9.69 Å². The molecule has 1 fully saturated rings. The molecular formula is C13H18BNO4. The molecule has 0 aromatic heterocycles. The Balaban J connectivity index is 2.03. The molecule has 1 aromatic rings. The van der Waals surface area contributed by atoms with Crippen molar-refractivity contribution in [1.82, 2.24) is 4.90 Å². The van der Waals surface area contributed by atoms with Crippen LogP contribution in [0.25, 0.3) is 0 Å². The maximum absolute atomic E-state index is 11.7. The summed E-state index contributed by atoms with van der Waals surface area (Å²) in [6, 6.07) is 9.89. The van der Waals surface area contributed by atoms with Crippen LogP contribution in [0.2, 0.25) is 5.82 Å². The molecule has 1 aromatic carbocycles. The second kappa shape index (κ2) is 6.19. The van der Waals surface area contributed by atoms with E-state index in [9.17, 15) is 14.8 Å². The predicted molar refractivity (Wildman–Crippen MR) is 71.2 cm³/mol. The van der Waals surface area contributed by atoms with Gasteiger partial charge in [-0.05, 0) is 5.56 Å². The average Bonchev–Trinajstić information content (AvgIpc) is 2.83. The molecule has 0 radical (unpaired) electrons. The number of likely N-dealkylation sites (tertiary alicyclic amines) is 1. The van der Waals surface area contributed by atoms with Crippen LogP contribution in [0, 0.1) is 5.92 Å². The molecule has 1 heterocycles. The summed E-state index contributed by atoms with van der Waals surface area (Å²) < 4.78 is 4.73. The number of benzene rings is 1. The summed E-state index contributed by atoms with van der Waals surface area (Å²) in [6.07, 6.45) is 0. The van der Waals surface area contributed by atoms with Crippen LogP contribution in [0.15, 0.2) is 30.3 Å². The van der Waals surface area contributed by atoms with Crippen LogP contribution in [0.1, 0.15) is 5.56 Å². The van der Waals surface area contributed by atoms with Gasteiger partial charge in [0.15, 0.2) is 0 Å². The first-order valence-electron chi connectivity index (χ1n) is 6.32. The van der Waals surface area contributed by atoms with Crippen molar-refractivity contribution < 1.29 is 19.6 Å². The van der Waals surface area contributed by atoms with E-state index in [-0.39, 0.29) is 5.97 Å². The van der Waals surface area contributed by atoms with E-state index in [2.05, 4.69) is 0 Å². The Bertz CT molecular complexity index is 426. The van der Waals surface area contributed by atoms with E-state index in [1.54, 1.807) is 0 Å². The first-order valence-corrected chi connectivity index (χ1v) is 6.32. The highest BCUT2D eigenvalue weighted by molar-refractivity contribution is 6.44. The predicted octanol–water partition coefficient (Wildman–Crippen LogP) is 0.134. The molecule has 5 nitrogen and oxygen atoms in total. The van der Waals surface area contributed by atoms with Crippen molar-refractivity contribution in [3.05, 3.63) is 35.9 Å². The third-order valence-corrected chi connectivity index (χ3v) is 3.58. The minimum absolute atomic E-state index is 0.381. The summed E-state index contributed by atoms with van der Waals surface area (Å²) in [7, 11) is -0.173. The summed E-state index contributed by atoms with van der Waals surface area (Å²) in [5, 5.41) is 18.7. The Hall–Kier alpha value is -1.37. The van der Waals surface area contributed by atoms with Crippen LogP contribution in [-0.2, 0) is 16.1 Å². The number of hydrogen-bond donors (Lipinski definition) is 2. The number of rotatable bonds is 4. The number of ether oxygens (including phenoxy) is 1. The van der Waals surface area contributed by atoms with Gasteiger partial charge in [0.1, 0.15) is 0 Å². The summed E-state index contributed by atoms with van der Waals surface area (Å²) in [4.78, 5) is 13.7. The van der Waals surface area contributed by atoms with E-state index >= 15 is 0 Å². The fourth-order valence-electron chi connectivity index (χ4n) is 2.59. The molecule has 2 rings (SSSR count). The molecule has 0 bridgehead atoms. The third kappa shape index (κ3) is 3.35. The van der Waals surface area contributed by atoms with Gasteiger partial charge in [-0.15, -0.1) is 0 Å².